The van der Waals surface area contributed by atoms with E-state index in [0.717, 1.165) is 22.2 Å². The van der Waals surface area contributed by atoms with Gasteiger partial charge in [-0.05, 0) is 51.1 Å². The number of likely N-dealkylation sites (N-methyl/N-ethyl adjacent to an activating group) is 1. The van der Waals surface area contributed by atoms with Crippen molar-refractivity contribution in [3.63, 3.8) is 0 Å². The Morgan fingerprint density at radius 2 is 1.62 bits per heavy atom. The van der Waals surface area contributed by atoms with Crippen LogP contribution in [0.25, 0.3) is 0 Å². The molecular weight excluding hydrogens is 1030 g/mol. The highest BCUT2D eigenvalue weighted by Gasteiger charge is 2.64. The number of carbonyl (C=O) groups is 10. The minimum Gasteiger partial charge on any atom is -0.457 e. The first kappa shape index (κ1) is 58.1. The van der Waals surface area contributed by atoms with Gasteiger partial charge < -0.3 is 43.4 Å². The van der Waals surface area contributed by atoms with E-state index in [1.165, 1.54) is 53.6 Å². The number of imide groups is 2. The van der Waals surface area contributed by atoms with Gasteiger partial charge in [0, 0.05) is 57.0 Å². The van der Waals surface area contributed by atoms with Crippen LogP contribution in [0.5, 0.6) is 0 Å². The second-order valence-electron chi connectivity index (χ2n) is 19.1. The van der Waals surface area contributed by atoms with E-state index < -0.39 is 89.0 Å². The number of hydrogen-bond donors (Lipinski definition) is 2. The molecule has 0 radical (unpaired) electrons. The van der Waals surface area contributed by atoms with Crippen LogP contribution in [0.1, 0.15) is 75.7 Å². The van der Waals surface area contributed by atoms with Crippen molar-refractivity contribution >= 4 is 101 Å². The Morgan fingerprint density at radius 3 is 2.23 bits per heavy atom. The van der Waals surface area contributed by atoms with Gasteiger partial charge in [-0.15, -0.1) is 11.8 Å². The number of anilines is 1. The van der Waals surface area contributed by atoms with Crippen LogP contribution in [-0.4, -0.2) is 192 Å². The van der Waals surface area contributed by atoms with Crippen molar-refractivity contribution in [3.8, 4) is 0 Å². The Labute approximate surface area is 442 Å². The highest BCUT2D eigenvalue weighted by molar-refractivity contribution is 8.00. The van der Waals surface area contributed by atoms with Gasteiger partial charge >= 0.3 is 12.1 Å². The van der Waals surface area contributed by atoms with Gasteiger partial charge in [-0.3, -0.25) is 48.7 Å². The molecule has 21 nitrogen and oxygen atoms in total. The molecule has 0 saturated carbocycles. The normalized spacial score (nSPS) is 30.0. The van der Waals surface area contributed by atoms with Crippen LogP contribution < -0.4 is 10.2 Å². The Hall–Kier alpha value is -5.17. The fourth-order valence-electron chi connectivity index (χ4n) is 9.33. The predicted molar refractivity (Wildman–Crippen MR) is 271 cm³/mol. The minimum absolute atomic E-state index is 0.0112. The van der Waals surface area contributed by atoms with Gasteiger partial charge in [0.15, 0.2) is 12.0 Å². The molecule has 404 valence electrons. The number of esters is 1. The number of epoxide rings is 1. The molecule has 7 amide bonds. The van der Waals surface area contributed by atoms with Crippen molar-refractivity contribution in [2.75, 3.05) is 70.5 Å². The molecule has 5 aliphatic heterocycles. The number of benzene rings is 1. The molecule has 74 heavy (non-hydrogen) atoms. The number of nitrogens with zero attached hydrogens (tertiary/aromatic N) is 4. The van der Waals surface area contributed by atoms with Crippen molar-refractivity contribution in [3.05, 3.63) is 52.1 Å². The smallest absolute Gasteiger partial charge is 0.409 e. The standard InChI is InChI=1S/C50H64ClN5O16S2/c1-28-9-8-10-33(27-58)50(67)25-35(70-48(66)52-50)29(2)44-49(4,72-44)38(24-40(60)54(6)34-21-31(19-28)20-32(26-57)43(34)51)71-47(65)30(3)53(5)39(59)11-18-74-37-23-42(62)56(46(37)64)13-15-69-17-16-68-14-12-55-41(61)22-36(73-7)45(55)63/h8-10,20-21,26-27,29-30,33,35-38,44,67H,11-19,22-25H2,1-7H3,(H,52,66)/b10-8+,28-9+/t29-,30+,33+,35+,36?,37?,38+,44+,49+,50+/m1/s1. The number of halogens is 1. The van der Waals surface area contributed by atoms with Gasteiger partial charge in [0.05, 0.1) is 79.2 Å². The second kappa shape index (κ2) is 25.1. The number of thioether (sulfide) groups is 2. The number of allylic oxidation sites excluding steroid dienone is 3. The van der Waals surface area contributed by atoms with Crippen molar-refractivity contribution < 1.29 is 76.7 Å². The average molecular weight is 1090 g/mol. The third-order valence-electron chi connectivity index (χ3n) is 14.1. The first-order valence-corrected chi connectivity index (χ1v) is 27.0. The SMILES string of the molecule is CSC1CC(=O)N(CCOCCOCCN2C(=O)CC(SCCC(=O)N(C)[C@@H](C)C(=O)O[C@H]3CC(=O)N(C)c4cc(cc(C=O)c4Cl)C/C(C)=C/C=C/[C@@H](C=O)[C@@]4(O)C[C@H](OC(=O)N4)[C@@H](C)[C@@H]4O[C@@]34C)C2=O)C1=O. The lowest BCUT2D eigenvalue weighted by atomic mass is 9.82. The van der Waals surface area contributed by atoms with Crippen LogP contribution in [0.15, 0.2) is 35.9 Å². The third kappa shape index (κ3) is 13.4. The van der Waals surface area contributed by atoms with Crippen LogP contribution in [0.3, 0.4) is 0 Å². The van der Waals surface area contributed by atoms with E-state index in [1.807, 2.05) is 0 Å². The molecule has 0 aromatic heterocycles. The summed E-state index contributed by atoms with van der Waals surface area (Å²) in [6.07, 6.45) is 3.08. The highest BCUT2D eigenvalue weighted by Crippen LogP contribution is 2.49. The summed E-state index contributed by atoms with van der Waals surface area (Å²) in [4.78, 5) is 134. The molecule has 24 heteroatoms. The minimum atomic E-state index is -2.05. The van der Waals surface area contributed by atoms with Crippen LogP contribution in [0, 0.1) is 11.8 Å². The fraction of sp³-hybridized carbons (Fsp3) is 0.600. The lowest BCUT2D eigenvalue weighted by molar-refractivity contribution is -0.162. The summed E-state index contributed by atoms with van der Waals surface area (Å²) in [5.74, 6) is -4.92. The lowest BCUT2D eigenvalue weighted by Gasteiger charge is -2.41. The molecule has 5 aliphatic rings. The Bertz CT molecular complexity index is 2440. The first-order chi connectivity index (χ1) is 35.1. The summed E-state index contributed by atoms with van der Waals surface area (Å²) < 4.78 is 29.0. The average Bonchev–Trinajstić information content (AvgIpc) is 3.88. The molecule has 1 aromatic carbocycles. The monoisotopic (exact) mass is 1090 g/mol. The predicted octanol–water partition coefficient (Wildman–Crippen LogP) is 2.89. The number of alkyl carbamates (subject to hydrolysis) is 1. The van der Waals surface area contributed by atoms with Crippen molar-refractivity contribution in [2.45, 2.75) is 112 Å². The van der Waals surface area contributed by atoms with E-state index >= 15 is 0 Å². The number of rotatable bonds is 19. The summed E-state index contributed by atoms with van der Waals surface area (Å²) in [5, 5.41) is 13.0. The summed E-state index contributed by atoms with van der Waals surface area (Å²) in [6, 6.07) is 2.05. The zero-order chi connectivity index (χ0) is 54.2. The van der Waals surface area contributed by atoms with Crippen molar-refractivity contribution in [1.82, 2.24) is 20.0 Å². The number of aldehydes is 2. The van der Waals surface area contributed by atoms with Crippen molar-refractivity contribution in [2.24, 2.45) is 11.8 Å². The Balaban J connectivity index is 1.06. The largest absolute Gasteiger partial charge is 0.457 e. The number of carbonyl (C=O) groups excluding carboxylic acids is 10. The maximum Gasteiger partial charge on any atom is 0.409 e. The topological polar surface area (TPSA) is 265 Å². The number of hydrogen-bond acceptors (Lipinski definition) is 18. The third-order valence-corrected chi connectivity index (χ3v) is 16.7. The molecule has 0 aliphatic carbocycles. The maximum absolute atomic E-state index is 14.3. The number of likely N-dealkylation sites (tertiary alicyclic amines) is 2. The van der Waals surface area contributed by atoms with Gasteiger partial charge in [0.1, 0.15) is 30.1 Å². The quantitative estimate of drug-likeness (QED) is 0.0663. The molecular formula is C50H64ClN5O16S2. The Kier molecular flexibility index (Phi) is 19.7. The summed E-state index contributed by atoms with van der Waals surface area (Å²) in [6.45, 7) is 7.28. The number of nitrogens with one attached hydrogen (secondary N) is 1. The molecule has 4 bridgehead atoms. The molecule has 0 spiro atoms. The van der Waals surface area contributed by atoms with Crippen LogP contribution in [0.2, 0.25) is 5.02 Å². The number of ether oxygens (including phenoxy) is 5. The summed E-state index contributed by atoms with van der Waals surface area (Å²) in [7, 11) is 2.87. The van der Waals surface area contributed by atoms with Gasteiger partial charge in [-0.25, -0.2) is 9.59 Å². The molecule has 5 heterocycles. The van der Waals surface area contributed by atoms with E-state index in [2.05, 4.69) is 5.32 Å². The van der Waals surface area contributed by atoms with Gasteiger partial charge in [0.25, 0.3) is 0 Å². The van der Waals surface area contributed by atoms with Gasteiger partial charge in [-0.1, -0.05) is 42.3 Å². The van der Waals surface area contributed by atoms with Gasteiger partial charge in [0.2, 0.25) is 35.4 Å². The van der Waals surface area contributed by atoms with Crippen LogP contribution in [0.4, 0.5) is 10.5 Å². The van der Waals surface area contributed by atoms with Crippen LogP contribution >= 0.6 is 35.1 Å². The second-order valence-corrected chi connectivity index (χ2v) is 21.9. The molecule has 4 saturated heterocycles. The van der Waals surface area contributed by atoms with Gasteiger partial charge in [-0.2, -0.15) is 11.8 Å². The highest BCUT2D eigenvalue weighted by atomic mass is 35.5. The maximum atomic E-state index is 14.3. The number of fused-ring (bicyclic) bond motifs is 5. The number of amides is 7. The molecule has 1 aromatic rings. The zero-order valence-electron chi connectivity index (χ0n) is 42.4. The van der Waals surface area contributed by atoms with E-state index in [9.17, 15) is 53.1 Å². The van der Waals surface area contributed by atoms with E-state index in [1.54, 1.807) is 51.3 Å². The first-order valence-electron chi connectivity index (χ1n) is 24.2. The zero-order valence-corrected chi connectivity index (χ0v) is 44.8. The summed E-state index contributed by atoms with van der Waals surface area (Å²) >= 11 is 9.16. The van der Waals surface area contributed by atoms with Crippen molar-refractivity contribution in [1.29, 1.82) is 0 Å². The lowest BCUT2D eigenvalue weighted by Crippen LogP contribution is -2.61. The summed E-state index contributed by atoms with van der Waals surface area (Å²) in [5.41, 5.74) is -1.72. The molecule has 6 rings (SSSR count). The molecule has 4 fully saturated rings. The fourth-order valence-corrected chi connectivity index (χ4v) is 11.4. The molecule has 2 N–H and O–H groups in total. The Morgan fingerprint density at radius 1 is 0.986 bits per heavy atom. The van der Waals surface area contributed by atoms with E-state index in [0.29, 0.717) is 18.1 Å². The molecule has 10 atom stereocenters. The number of aliphatic hydroxyl groups is 1. The van der Waals surface area contributed by atoms with E-state index in [-0.39, 0.29) is 117 Å². The van der Waals surface area contributed by atoms with E-state index in [4.69, 9.17) is 35.3 Å². The molecule has 2 unspecified atom stereocenters. The van der Waals surface area contributed by atoms with Crippen LogP contribution in [-0.2, 0) is 68.5 Å².